The highest BCUT2D eigenvalue weighted by atomic mass is 127. The van der Waals surface area contributed by atoms with Gasteiger partial charge >= 0.3 is 5.97 Å². The molecule has 0 unspecified atom stereocenters. The lowest BCUT2D eigenvalue weighted by Gasteiger charge is -2.34. The number of halogens is 1. The molecule has 1 aliphatic carbocycles. The number of hydrogen-bond acceptors (Lipinski definition) is 2. The molecule has 0 spiro atoms. The first-order valence-corrected chi connectivity index (χ1v) is 7.43. The van der Waals surface area contributed by atoms with Gasteiger partial charge in [-0.25, -0.2) is 4.79 Å². The summed E-state index contributed by atoms with van der Waals surface area (Å²) in [6.07, 6.45) is 3.75. The van der Waals surface area contributed by atoms with Gasteiger partial charge in [0, 0.05) is 3.57 Å². The van der Waals surface area contributed by atoms with Crippen molar-refractivity contribution >= 4 is 34.5 Å². The van der Waals surface area contributed by atoms with Crippen LogP contribution in [0.4, 0.5) is 0 Å². The smallest absolute Gasteiger partial charge is 0.329 e. The Morgan fingerprint density at radius 3 is 2.37 bits per heavy atom. The maximum atomic E-state index is 12.3. The third-order valence-electron chi connectivity index (χ3n) is 3.59. The zero-order valence-electron chi connectivity index (χ0n) is 10.5. The lowest BCUT2D eigenvalue weighted by Crippen LogP contribution is -2.55. The third-order valence-corrected chi connectivity index (χ3v) is 4.53. The van der Waals surface area contributed by atoms with Crippen LogP contribution in [0.5, 0.6) is 0 Å². The molecule has 0 aliphatic heterocycles. The van der Waals surface area contributed by atoms with Crippen molar-refractivity contribution in [1.82, 2.24) is 5.32 Å². The van der Waals surface area contributed by atoms with Crippen LogP contribution in [0.3, 0.4) is 0 Å². The lowest BCUT2D eigenvalue weighted by molar-refractivity contribution is -0.145. The summed E-state index contributed by atoms with van der Waals surface area (Å²) >= 11 is 2.08. The largest absolute Gasteiger partial charge is 0.480 e. The molecule has 19 heavy (non-hydrogen) atoms. The highest BCUT2D eigenvalue weighted by molar-refractivity contribution is 14.1. The van der Waals surface area contributed by atoms with E-state index in [1.165, 1.54) is 0 Å². The number of amides is 1. The number of aliphatic carboxylic acids is 1. The van der Waals surface area contributed by atoms with Gasteiger partial charge < -0.3 is 10.4 Å². The van der Waals surface area contributed by atoms with Crippen LogP contribution in [0.15, 0.2) is 24.3 Å². The Balaban J connectivity index is 2.20. The van der Waals surface area contributed by atoms with Crippen molar-refractivity contribution in [3.8, 4) is 0 Å². The number of benzene rings is 1. The van der Waals surface area contributed by atoms with Crippen LogP contribution in [0, 0.1) is 3.57 Å². The second kappa shape index (κ2) is 5.90. The first-order valence-electron chi connectivity index (χ1n) is 6.36. The summed E-state index contributed by atoms with van der Waals surface area (Å²) in [6, 6.07) is 7.19. The molecule has 4 nitrogen and oxygen atoms in total. The summed E-state index contributed by atoms with van der Waals surface area (Å²) in [5, 5.41) is 12.2. The van der Waals surface area contributed by atoms with Gasteiger partial charge in [0.15, 0.2) is 0 Å². The molecule has 0 heterocycles. The number of nitrogens with one attached hydrogen (secondary N) is 1. The molecule has 1 fully saturated rings. The van der Waals surface area contributed by atoms with Gasteiger partial charge in [-0.2, -0.15) is 0 Å². The zero-order chi connectivity index (χ0) is 13.9. The second-order valence-electron chi connectivity index (χ2n) is 4.88. The van der Waals surface area contributed by atoms with E-state index in [-0.39, 0.29) is 5.91 Å². The van der Waals surface area contributed by atoms with E-state index >= 15 is 0 Å². The Kier molecular flexibility index (Phi) is 4.44. The van der Waals surface area contributed by atoms with Crippen LogP contribution in [0.1, 0.15) is 42.5 Å². The molecule has 1 saturated carbocycles. The monoisotopic (exact) mass is 373 g/mol. The van der Waals surface area contributed by atoms with E-state index in [9.17, 15) is 14.7 Å². The lowest BCUT2D eigenvalue weighted by atomic mass is 9.81. The molecule has 1 aromatic rings. The highest BCUT2D eigenvalue weighted by Gasteiger charge is 2.41. The molecule has 1 aromatic carbocycles. The SMILES string of the molecule is O=C(NC1(C(=O)O)CCCCC1)c1ccccc1I. The summed E-state index contributed by atoms with van der Waals surface area (Å²) in [5.41, 5.74) is -0.553. The average Bonchev–Trinajstić information content (AvgIpc) is 2.40. The summed E-state index contributed by atoms with van der Waals surface area (Å²) in [5.74, 6) is -1.22. The minimum Gasteiger partial charge on any atom is -0.480 e. The van der Waals surface area contributed by atoms with Gasteiger partial charge in [0.2, 0.25) is 0 Å². The third kappa shape index (κ3) is 3.08. The average molecular weight is 373 g/mol. The summed E-state index contributed by atoms with van der Waals surface area (Å²) in [4.78, 5) is 23.8. The molecular formula is C14H16INO3. The van der Waals surface area contributed by atoms with Crippen LogP contribution >= 0.6 is 22.6 Å². The van der Waals surface area contributed by atoms with Crippen LogP contribution in [-0.2, 0) is 4.79 Å². The quantitative estimate of drug-likeness (QED) is 0.801. The molecule has 0 radical (unpaired) electrons. The molecule has 0 aromatic heterocycles. The Bertz CT molecular complexity index is 495. The molecule has 5 heteroatoms. The fourth-order valence-corrected chi connectivity index (χ4v) is 3.11. The molecule has 1 amide bonds. The maximum absolute atomic E-state index is 12.3. The summed E-state index contributed by atoms with van der Waals surface area (Å²) in [7, 11) is 0. The minimum absolute atomic E-state index is 0.297. The number of carbonyl (C=O) groups is 2. The second-order valence-corrected chi connectivity index (χ2v) is 6.04. The number of rotatable bonds is 3. The van der Waals surface area contributed by atoms with Gasteiger partial charge in [0.1, 0.15) is 5.54 Å². The minimum atomic E-state index is -1.09. The number of carboxylic acid groups (broad SMARTS) is 1. The Hall–Kier alpha value is -1.11. The van der Waals surface area contributed by atoms with Crippen molar-refractivity contribution in [3.63, 3.8) is 0 Å². The standard InChI is InChI=1S/C14H16INO3/c15-11-7-3-2-6-10(11)12(17)16-14(13(18)19)8-4-1-5-9-14/h2-3,6-7H,1,4-5,8-9H2,(H,16,17)(H,18,19). The van der Waals surface area contributed by atoms with E-state index in [0.717, 1.165) is 22.8 Å². The maximum Gasteiger partial charge on any atom is 0.329 e. The topological polar surface area (TPSA) is 66.4 Å². The molecule has 0 bridgehead atoms. The van der Waals surface area contributed by atoms with Crippen LogP contribution < -0.4 is 5.32 Å². The van der Waals surface area contributed by atoms with Crippen LogP contribution in [0.2, 0.25) is 0 Å². The van der Waals surface area contributed by atoms with Crippen molar-refractivity contribution in [2.45, 2.75) is 37.6 Å². The van der Waals surface area contributed by atoms with Crippen LogP contribution in [0.25, 0.3) is 0 Å². The van der Waals surface area contributed by atoms with E-state index in [2.05, 4.69) is 27.9 Å². The Morgan fingerprint density at radius 2 is 1.79 bits per heavy atom. The Labute approximate surface area is 125 Å². The van der Waals surface area contributed by atoms with Crippen molar-refractivity contribution in [3.05, 3.63) is 33.4 Å². The fourth-order valence-electron chi connectivity index (χ4n) is 2.48. The molecule has 102 valence electrons. The highest BCUT2D eigenvalue weighted by Crippen LogP contribution is 2.29. The van der Waals surface area contributed by atoms with E-state index in [1.54, 1.807) is 12.1 Å². The van der Waals surface area contributed by atoms with Crippen molar-refractivity contribution in [1.29, 1.82) is 0 Å². The number of hydrogen-bond donors (Lipinski definition) is 2. The van der Waals surface area contributed by atoms with E-state index in [1.807, 2.05) is 12.1 Å². The molecule has 1 aliphatic rings. The van der Waals surface area contributed by atoms with Gasteiger partial charge in [0.25, 0.3) is 5.91 Å². The van der Waals surface area contributed by atoms with Gasteiger partial charge in [-0.05, 0) is 47.6 Å². The molecule has 2 rings (SSSR count). The van der Waals surface area contributed by atoms with E-state index in [4.69, 9.17) is 0 Å². The zero-order valence-corrected chi connectivity index (χ0v) is 12.6. The summed E-state index contributed by atoms with van der Waals surface area (Å²) in [6.45, 7) is 0. The van der Waals surface area contributed by atoms with Crippen LogP contribution in [-0.4, -0.2) is 22.5 Å². The Morgan fingerprint density at radius 1 is 1.16 bits per heavy atom. The number of carbonyl (C=O) groups excluding carboxylic acids is 1. The van der Waals surface area contributed by atoms with Gasteiger partial charge in [-0.15, -0.1) is 0 Å². The van der Waals surface area contributed by atoms with Gasteiger partial charge in [0.05, 0.1) is 5.56 Å². The molecule has 0 saturated heterocycles. The molecular weight excluding hydrogens is 357 g/mol. The van der Waals surface area contributed by atoms with E-state index < -0.39 is 11.5 Å². The normalized spacial score (nSPS) is 17.7. The predicted molar refractivity (Wildman–Crippen MR) is 80.1 cm³/mol. The van der Waals surface area contributed by atoms with Gasteiger partial charge in [-0.1, -0.05) is 31.4 Å². The first kappa shape index (κ1) is 14.3. The van der Waals surface area contributed by atoms with Gasteiger partial charge in [-0.3, -0.25) is 4.79 Å². The predicted octanol–water partition coefficient (Wildman–Crippen LogP) is 2.81. The summed E-state index contributed by atoms with van der Waals surface area (Å²) < 4.78 is 0.828. The molecule has 0 atom stereocenters. The van der Waals surface area contributed by atoms with Crippen molar-refractivity contribution in [2.24, 2.45) is 0 Å². The number of carboxylic acids is 1. The fraction of sp³-hybridized carbons (Fsp3) is 0.429. The first-order chi connectivity index (χ1) is 9.05. The van der Waals surface area contributed by atoms with Crippen molar-refractivity contribution < 1.29 is 14.7 Å². The molecule has 2 N–H and O–H groups in total. The van der Waals surface area contributed by atoms with E-state index in [0.29, 0.717) is 18.4 Å². The van der Waals surface area contributed by atoms with Crippen molar-refractivity contribution in [2.75, 3.05) is 0 Å².